The zero-order valence-corrected chi connectivity index (χ0v) is 17.7. The van der Waals surface area contributed by atoms with Crippen LogP contribution in [0.25, 0.3) is 10.9 Å². The maximum Gasteiger partial charge on any atom is 0.248 e. The molecule has 3 unspecified atom stereocenters. The van der Waals surface area contributed by atoms with Crippen molar-refractivity contribution in [2.24, 2.45) is 11.1 Å². The van der Waals surface area contributed by atoms with Crippen LogP contribution in [0, 0.1) is 5.92 Å². The highest BCUT2D eigenvalue weighted by Crippen LogP contribution is 2.38. The third kappa shape index (κ3) is 4.40. The van der Waals surface area contributed by atoms with Gasteiger partial charge < -0.3 is 14.6 Å². The van der Waals surface area contributed by atoms with Crippen LogP contribution in [-0.4, -0.2) is 17.8 Å². The molecule has 0 aliphatic heterocycles. The van der Waals surface area contributed by atoms with Crippen LogP contribution >= 0.6 is 0 Å². The Hall–Kier alpha value is -3.08. The molecule has 0 radical (unpaired) electrons. The number of H-pyrrole nitrogens is 1. The van der Waals surface area contributed by atoms with E-state index < -0.39 is 0 Å². The predicted octanol–water partition coefficient (Wildman–Crippen LogP) is 5.57. The van der Waals surface area contributed by atoms with Crippen LogP contribution in [0.4, 0.5) is 0 Å². The van der Waals surface area contributed by atoms with Gasteiger partial charge in [0.2, 0.25) is 5.56 Å². The molecule has 5 nitrogen and oxygen atoms in total. The van der Waals surface area contributed by atoms with Gasteiger partial charge in [-0.2, -0.15) is 0 Å². The first-order valence-electron chi connectivity index (χ1n) is 10.5. The van der Waals surface area contributed by atoms with E-state index in [-0.39, 0.29) is 11.7 Å². The molecule has 2 aromatic carbocycles. The van der Waals surface area contributed by atoms with E-state index in [4.69, 9.17) is 9.57 Å². The molecule has 156 valence electrons. The smallest absolute Gasteiger partial charge is 0.248 e. The Kier molecular flexibility index (Phi) is 5.88. The van der Waals surface area contributed by atoms with Crippen molar-refractivity contribution in [2.45, 2.75) is 45.1 Å². The molecule has 1 heterocycles. The second-order valence-electron chi connectivity index (χ2n) is 8.17. The molecule has 3 aromatic rings. The minimum absolute atomic E-state index is 0.0907. The lowest BCUT2D eigenvalue weighted by molar-refractivity contribution is 0.209. The molecule has 3 atom stereocenters. The van der Waals surface area contributed by atoms with Gasteiger partial charge in [0, 0.05) is 11.6 Å². The van der Waals surface area contributed by atoms with E-state index in [0.717, 1.165) is 47.2 Å². The normalized spacial score (nSPS) is 21.5. The van der Waals surface area contributed by atoms with Crippen molar-refractivity contribution in [3.63, 3.8) is 0 Å². The molecule has 0 spiro atoms. The predicted molar refractivity (Wildman–Crippen MR) is 120 cm³/mol. The number of hydrogen-bond donors (Lipinski definition) is 1. The van der Waals surface area contributed by atoms with Crippen molar-refractivity contribution in [1.29, 1.82) is 0 Å². The van der Waals surface area contributed by atoms with Crippen LogP contribution in [0.3, 0.4) is 0 Å². The SMILES string of the molecule is CON=C1CCC(C)C(c2cccc(OC(C)c3ccc4[nH]c(=O)ccc4c3)c2)C1. The highest BCUT2D eigenvalue weighted by atomic mass is 16.6. The number of fused-ring (bicyclic) bond motifs is 1. The van der Waals surface area contributed by atoms with Gasteiger partial charge in [-0.1, -0.05) is 30.3 Å². The largest absolute Gasteiger partial charge is 0.486 e. The summed E-state index contributed by atoms with van der Waals surface area (Å²) in [4.78, 5) is 19.3. The summed E-state index contributed by atoms with van der Waals surface area (Å²) in [6.45, 7) is 4.36. The lowest BCUT2D eigenvalue weighted by Gasteiger charge is -2.30. The first kappa shape index (κ1) is 20.2. The number of pyridine rings is 1. The molecule has 1 fully saturated rings. The van der Waals surface area contributed by atoms with Gasteiger partial charge in [-0.15, -0.1) is 0 Å². The second-order valence-corrected chi connectivity index (χ2v) is 8.17. The Balaban J connectivity index is 1.53. The van der Waals surface area contributed by atoms with Crippen LogP contribution < -0.4 is 10.3 Å². The fourth-order valence-electron chi connectivity index (χ4n) is 4.33. The number of oxime groups is 1. The Labute approximate surface area is 176 Å². The number of aromatic nitrogens is 1. The molecule has 1 N–H and O–H groups in total. The molecule has 0 bridgehead atoms. The van der Waals surface area contributed by atoms with Crippen molar-refractivity contribution in [2.75, 3.05) is 7.11 Å². The monoisotopic (exact) mass is 404 g/mol. The van der Waals surface area contributed by atoms with Crippen molar-refractivity contribution in [3.8, 4) is 5.75 Å². The van der Waals surface area contributed by atoms with E-state index in [1.165, 1.54) is 5.56 Å². The summed E-state index contributed by atoms with van der Waals surface area (Å²) in [5, 5.41) is 5.20. The third-order valence-electron chi connectivity index (χ3n) is 6.07. The Morgan fingerprint density at radius 2 is 2.00 bits per heavy atom. The zero-order chi connectivity index (χ0) is 21.1. The molecule has 5 heteroatoms. The minimum atomic E-state index is -0.106. The van der Waals surface area contributed by atoms with E-state index in [0.29, 0.717) is 11.8 Å². The van der Waals surface area contributed by atoms with Gasteiger partial charge in [-0.25, -0.2) is 0 Å². The topological polar surface area (TPSA) is 63.7 Å². The molecule has 1 aliphatic rings. The van der Waals surface area contributed by atoms with Crippen molar-refractivity contribution < 1.29 is 9.57 Å². The van der Waals surface area contributed by atoms with Crippen molar-refractivity contribution in [1.82, 2.24) is 4.98 Å². The Morgan fingerprint density at radius 3 is 2.83 bits per heavy atom. The number of rotatable bonds is 5. The molecule has 1 saturated carbocycles. The quantitative estimate of drug-likeness (QED) is 0.565. The van der Waals surface area contributed by atoms with Gasteiger partial charge in [0.1, 0.15) is 19.0 Å². The van der Waals surface area contributed by atoms with Crippen LogP contribution in [-0.2, 0) is 4.84 Å². The second kappa shape index (κ2) is 8.74. The number of aromatic amines is 1. The van der Waals surface area contributed by atoms with Gasteiger partial charge in [-0.3, -0.25) is 4.79 Å². The summed E-state index contributed by atoms with van der Waals surface area (Å²) in [5.74, 6) is 1.88. The van der Waals surface area contributed by atoms with Gasteiger partial charge in [0.05, 0.1) is 5.71 Å². The number of hydrogen-bond acceptors (Lipinski definition) is 4. The first-order chi connectivity index (χ1) is 14.5. The maximum atomic E-state index is 11.5. The number of benzene rings is 2. The third-order valence-corrected chi connectivity index (χ3v) is 6.07. The molecule has 1 aromatic heterocycles. The van der Waals surface area contributed by atoms with Crippen LogP contribution in [0.15, 0.2) is 64.5 Å². The lowest BCUT2D eigenvalue weighted by atomic mass is 9.75. The average Bonchev–Trinajstić information content (AvgIpc) is 2.75. The average molecular weight is 405 g/mol. The van der Waals surface area contributed by atoms with Crippen molar-refractivity contribution >= 4 is 16.6 Å². The number of nitrogens with zero attached hydrogens (tertiary/aromatic N) is 1. The molecule has 30 heavy (non-hydrogen) atoms. The van der Waals surface area contributed by atoms with Crippen molar-refractivity contribution in [3.05, 3.63) is 76.1 Å². The maximum absolute atomic E-state index is 11.5. The summed E-state index contributed by atoms with van der Waals surface area (Å²) in [7, 11) is 1.61. The zero-order valence-electron chi connectivity index (χ0n) is 17.7. The van der Waals surface area contributed by atoms with Crippen LogP contribution in [0.5, 0.6) is 5.75 Å². The molecule has 0 amide bonds. The summed E-state index contributed by atoms with van der Waals surface area (Å²) in [6.07, 6.45) is 2.95. The Bertz CT molecular complexity index is 1120. The molecular formula is C25H28N2O3. The number of ether oxygens (including phenoxy) is 1. The fourth-order valence-corrected chi connectivity index (χ4v) is 4.33. The minimum Gasteiger partial charge on any atom is -0.486 e. The molecular weight excluding hydrogens is 376 g/mol. The molecule has 4 rings (SSSR count). The highest BCUT2D eigenvalue weighted by Gasteiger charge is 2.27. The van der Waals surface area contributed by atoms with E-state index in [1.807, 2.05) is 31.2 Å². The van der Waals surface area contributed by atoms with Crippen LogP contribution in [0.2, 0.25) is 0 Å². The molecule has 1 aliphatic carbocycles. The first-order valence-corrected chi connectivity index (χ1v) is 10.5. The summed E-state index contributed by atoms with van der Waals surface area (Å²) < 4.78 is 6.29. The summed E-state index contributed by atoms with van der Waals surface area (Å²) in [5.41, 5.74) is 4.23. The van der Waals surface area contributed by atoms with Gasteiger partial charge >= 0.3 is 0 Å². The van der Waals surface area contributed by atoms with E-state index in [9.17, 15) is 4.79 Å². The number of nitrogens with one attached hydrogen (secondary N) is 1. The van der Waals surface area contributed by atoms with E-state index in [2.05, 4.69) is 41.3 Å². The standard InChI is InChI=1S/C25H28N2O3/c1-16-7-10-21(27-29-3)15-23(16)19-5-4-6-22(14-19)30-17(2)18-8-11-24-20(13-18)9-12-25(28)26-24/h4-6,8-9,11-14,16-17,23H,7,10,15H2,1-3H3,(H,26,28). The summed E-state index contributed by atoms with van der Waals surface area (Å²) >= 11 is 0. The van der Waals surface area contributed by atoms with Gasteiger partial charge in [0.25, 0.3) is 0 Å². The summed E-state index contributed by atoms with van der Waals surface area (Å²) in [6, 6.07) is 17.8. The molecule has 0 saturated heterocycles. The Morgan fingerprint density at radius 1 is 1.13 bits per heavy atom. The lowest BCUT2D eigenvalue weighted by Crippen LogP contribution is -2.21. The fraction of sp³-hybridized carbons (Fsp3) is 0.360. The van der Waals surface area contributed by atoms with Gasteiger partial charge in [-0.05, 0) is 84.9 Å². The van der Waals surface area contributed by atoms with E-state index >= 15 is 0 Å². The van der Waals surface area contributed by atoms with E-state index in [1.54, 1.807) is 13.2 Å². The van der Waals surface area contributed by atoms with Gasteiger partial charge in [0.15, 0.2) is 0 Å². The highest BCUT2D eigenvalue weighted by molar-refractivity contribution is 5.85. The van der Waals surface area contributed by atoms with Crippen LogP contribution in [0.1, 0.15) is 56.3 Å².